The summed E-state index contributed by atoms with van der Waals surface area (Å²) in [6.07, 6.45) is -0.537. The van der Waals surface area contributed by atoms with Crippen LogP contribution in [0.2, 0.25) is 0 Å². The van der Waals surface area contributed by atoms with Crippen LogP contribution < -0.4 is 5.43 Å². The summed E-state index contributed by atoms with van der Waals surface area (Å²) in [6, 6.07) is 0. The molecule has 0 aromatic carbocycles. The third kappa shape index (κ3) is 3.40. The minimum absolute atomic E-state index is 0.197. The molecule has 4 heteroatoms. The van der Waals surface area contributed by atoms with E-state index < -0.39 is 6.10 Å². The highest BCUT2D eigenvalue weighted by Crippen LogP contribution is 2.17. The van der Waals surface area contributed by atoms with Gasteiger partial charge < -0.3 is 5.11 Å². The van der Waals surface area contributed by atoms with E-state index in [2.05, 4.69) is 10.7 Å². The Labute approximate surface area is 60.6 Å². The van der Waals surface area contributed by atoms with Crippen molar-refractivity contribution in [2.24, 2.45) is 10.7 Å². The van der Waals surface area contributed by atoms with Gasteiger partial charge in [-0.15, -0.1) is 4.91 Å². The zero-order valence-corrected chi connectivity index (χ0v) is 6.59. The van der Waals surface area contributed by atoms with Crippen molar-refractivity contribution < 1.29 is 5.11 Å². The SMILES string of the molecule is CC(C)(C)C(O)CNN=O. The Morgan fingerprint density at radius 2 is 2.10 bits per heavy atom. The fraction of sp³-hybridized carbons (Fsp3) is 1.00. The quantitative estimate of drug-likeness (QED) is 0.454. The van der Waals surface area contributed by atoms with E-state index in [0.29, 0.717) is 0 Å². The zero-order valence-electron chi connectivity index (χ0n) is 6.59. The fourth-order valence-electron chi connectivity index (χ4n) is 0.430. The number of hydrogen-bond donors (Lipinski definition) is 2. The van der Waals surface area contributed by atoms with Crippen molar-refractivity contribution in [1.82, 2.24) is 5.43 Å². The Balaban J connectivity index is 3.61. The Morgan fingerprint density at radius 3 is 2.40 bits per heavy atom. The molecule has 0 aliphatic carbocycles. The first-order valence-electron chi connectivity index (χ1n) is 3.21. The van der Waals surface area contributed by atoms with Crippen LogP contribution in [-0.4, -0.2) is 17.8 Å². The van der Waals surface area contributed by atoms with Crippen molar-refractivity contribution in [3.63, 3.8) is 0 Å². The first kappa shape index (κ1) is 9.36. The Hall–Kier alpha value is -0.640. The minimum Gasteiger partial charge on any atom is -0.391 e. The molecule has 0 fully saturated rings. The summed E-state index contributed by atoms with van der Waals surface area (Å²) in [5.74, 6) is 0. The van der Waals surface area contributed by atoms with Crippen LogP contribution in [0.4, 0.5) is 0 Å². The molecule has 0 bridgehead atoms. The van der Waals surface area contributed by atoms with Crippen LogP contribution in [0.3, 0.4) is 0 Å². The van der Waals surface area contributed by atoms with Crippen molar-refractivity contribution in [2.75, 3.05) is 6.54 Å². The van der Waals surface area contributed by atoms with Crippen molar-refractivity contribution in [3.05, 3.63) is 4.91 Å². The lowest BCUT2D eigenvalue weighted by Crippen LogP contribution is -2.34. The normalized spacial score (nSPS) is 14.4. The predicted octanol–water partition coefficient (Wildman–Crippen LogP) is 0.664. The second-order valence-electron chi connectivity index (χ2n) is 3.34. The van der Waals surface area contributed by atoms with Gasteiger partial charge in [0.15, 0.2) is 0 Å². The van der Waals surface area contributed by atoms with Crippen LogP contribution in [0.25, 0.3) is 0 Å². The monoisotopic (exact) mass is 146 g/mol. The molecule has 2 N–H and O–H groups in total. The minimum atomic E-state index is -0.537. The summed E-state index contributed by atoms with van der Waals surface area (Å²) in [4.78, 5) is 9.56. The number of nitrogens with zero attached hydrogens (tertiary/aromatic N) is 1. The molecule has 0 radical (unpaired) electrons. The van der Waals surface area contributed by atoms with Crippen LogP contribution in [0.15, 0.2) is 5.29 Å². The number of hydrogen-bond acceptors (Lipinski definition) is 3. The highest BCUT2D eigenvalue weighted by atomic mass is 16.3. The van der Waals surface area contributed by atoms with Gasteiger partial charge in [0.1, 0.15) is 0 Å². The second-order valence-corrected chi connectivity index (χ2v) is 3.34. The van der Waals surface area contributed by atoms with Gasteiger partial charge in [0.25, 0.3) is 0 Å². The molecule has 0 aliphatic rings. The maximum Gasteiger partial charge on any atom is 0.0778 e. The Bertz CT molecular complexity index is 109. The summed E-state index contributed by atoms with van der Waals surface area (Å²) in [5.41, 5.74) is 1.98. The highest BCUT2D eigenvalue weighted by molar-refractivity contribution is 4.73. The van der Waals surface area contributed by atoms with Gasteiger partial charge in [0.2, 0.25) is 0 Å². The molecule has 4 nitrogen and oxygen atoms in total. The number of rotatable bonds is 3. The third-order valence-electron chi connectivity index (χ3n) is 1.35. The average molecular weight is 146 g/mol. The lowest BCUT2D eigenvalue weighted by molar-refractivity contribution is 0.0633. The standard InChI is InChI=1S/C6H14N2O2/c1-6(2,3)5(9)4-7-8-10/h5,9H,4H2,1-3H3,(H,7,10). The zero-order chi connectivity index (χ0) is 8.20. The van der Waals surface area contributed by atoms with Crippen molar-refractivity contribution in [1.29, 1.82) is 0 Å². The van der Waals surface area contributed by atoms with Crippen molar-refractivity contribution >= 4 is 0 Å². The van der Waals surface area contributed by atoms with Crippen LogP contribution in [0, 0.1) is 10.3 Å². The molecule has 0 heterocycles. The maximum absolute atomic E-state index is 9.56. The van der Waals surface area contributed by atoms with E-state index in [4.69, 9.17) is 0 Å². The first-order valence-corrected chi connectivity index (χ1v) is 3.21. The molecule has 0 aromatic heterocycles. The van der Waals surface area contributed by atoms with E-state index in [0.717, 1.165) is 0 Å². The molecule has 10 heavy (non-hydrogen) atoms. The molecular weight excluding hydrogens is 132 g/mol. The molecular formula is C6H14N2O2. The molecule has 60 valence electrons. The van der Waals surface area contributed by atoms with Crippen LogP contribution in [0.5, 0.6) is 0 Å². The molecule has 1 atom stereocenters. The molecule has 0 rings (SSSR count). The predicted molar refractivity (Wildman–Crippen MR) is 39.3 cm³/mol. The molecule has 1 unspecified atom stereocenters. The molecule has 0 aromatic rings. The van der Waals surface area contributed by atoms with Crippen LogP contribution in [0.1, 0.15) is 20.8 Å². The van der Waals surface area contributed by atoms with Crippen molar-refractivity contribution in [3.8, 4) is 0 Å². The van der Waals surface area contributed by atoms with E-state index in [9.17, 15) is 10.0 Å². The lowest BCUT2D eigenvalue weighted by atomic mass is 9.89. The molecule has 0 amide bonds. The number of nitroso groups, excluding NO2 is 1. The Kier molecular flexibility index (Phi) is 3.28. The van der Waals surface area contributed by atoms with Crippen LogP contribution in [-0.2, 0) is 0 Å². The van der Waals surface area contributed by atoms with Gasteiger partial charge in [-0.3, -0.25) is 5.43 Å². The summed E-state index contributed by atoms with van der Waals surface area (Å²) in [7, 11) is 0. The second kappa shape index (κ2) is 3.51. The summed E-state index contributed by atoms with van der Waals surface area (Å²) < 4.78 is 0. The topological polar surface area (TPSA) is 61.7 Å². The number of aliphatic hydroxyl groups is 1. The smallest absolute Gasteiger partial charge is 0.0778 e. The van der Waals surface area contributed by atoms with E-state index in [1.165, 1.54) is 0 Å². The van der Waals surface area contributed by atoms with Crippen LogP contribution >= 0.6 is 0 Å². The number of aliphatic hydroxyl groups excluding tert-OH is 1. The van der Waals surface area contributed by atoms with Gasteiger partial charge in [-0.2, -0.15) is 0 Å². The van der Waals surface area contributed by atoms with E-state index in [1.807, 2.05) is 20.8 Å². The first-order chi connectivity index (χ1) is 4.48. The fourth-order valence-corrected chi connectivity index (χ4v) is 0.430. The van der Waals surface area contributed by atoms with E-state index in [1.54, 1.807) is 0 Å². The maximum atomic E-state index is 9.56. The van der Waals surface area contributed by atoms with Gasteiger partial charge in [-0.1, -0.05) is 20.8 Å². The molecule has 0 spiro atoms. The molecule has 0 aliphatic heterocycles. The van der Waals surface area contributed by atoms with Gasteiger partial charge in [-0.05, 0) is 5.41 Å². The summed E-state index contributed by atoms with van der Waals surface area (Å²) >= 11 is 0. The van der Waals surface area contributed by atoms with Crippen molar-refractivity contribution in [2.45, 2.75) is 26.9 Å². The largest absolute Gasteiger partial charge is 0.391 e. The molecule has 0 saturated carbocycles. The van der Waals surface area contributed by atoms with Gasteiger partial charge in [0, 0.05) is 5.29 Å². The van der Waals surface area contributed by atoms with E-state index >= 15 is 0 Å². The summed E-state index contributed by atoms with van der Waals surface area (Å²) in [6.45, 7) is 5.89. The highest BCUT2D eigenvalue weighted by Gasteiger charge is 2.21. The van der Waals surface area contributed by atoms with E-state index in [-0.39, 0.29) is 12.0 Å². The average Bonchev–Trinajstić information content (AvgIpc) is 1.80. The third-order valence-corrected chi connectivity index (χ3v) is 1.35. The Morgan fingerprint density at radius 1 is 1.60 bits per heavy atom. The van der Waals surface area contributed by atoms with Gasteiger partial charge in [0.05, 0.1) is 12.6 Å². The van der Waals surface area contributed by atoms with Gasteiger partial charge >= 0.3 is 0 Å². The lowest BCUT2D eigenvalue weighted by Gasteiger charge is -2.24. The van der Waals surface area contributed by atoms with Gasteiger partial charge in [-0.25, -0.2) is 0 Å². The molecule has 0 saturated heterocycles. The summed E-state index contributed by atoms with van der Waals surface area (Å²) in [5, 5.41) is 11.7. The number of nitrogens with one attached hydrogen (secondary N) is 1.